The molecule has 1 rings (SSSR count). The van der Waals surface area contributed by atoms with E-state index in [-0.39, 0.29) is 26.0 Å². The van der Waals surface area contributed by atoms with E-state index in [2.05, 4.69) is 15.2 Å². The van der Waals surface area contributed by atoms with Gasteiger partial charge in [-0.25, -0.2) is 0 Å². The molecule has 21 heavy (non-hydrogen) atoms. The summed E-state index contributed by atoms with van der Waals surface area (Å²) in [4.78, 5) is 20.4. The van der Waals surface area contributed by atoms with Gasteiger partial charge < -0.3 is 15.2 Å². The molecule has 0 aliphatic carbocycles. The Kier molecular flexibility index (Phi) is 13.5. The summed E-state index contributed by atoms with van der Waals surface area (Å²) in [5.74, 6) is -1.74. The molecule has 1 aliphatic heterocycles. The first-order valence-electron chi connectivity index (χ1n) is 5.24. The summed E-state index contributed by atoms with van der Waals surface area (Å²) in [6, 6.07) is 0. The monoisotopic (exact) mass is 350 g/mol. The molecule has 1 aliphatic rings. The summed E-state index contributed by atoms with van der Waals surface area (Å²) in [5.41, 5.74) is 4.50. The Morgan fingerprint density at radius 3 is 2.10 bits per heavy atom. The van der Waals surface area contributed by atoms with E-state index < -0.39 is 37.9 Å². The normalized spacial score (nSPS) is 15.1. The number of nitrogens with two attached hydrogens (primary N) is 1. The van der Waals surface area contributed by atoms with E-state index in [1.807, 2.05) is 0 Å². The van der Waals surface area contributed by atoms with Gasteiger partial charge in [0.15, 0.2) is 0 Å². The number of hydrogen-bond acceptors (Lipinski definition) is 8. The second kappa shape index (κ2) is 11.4. The van der Waals surface area contributed by atoms with Crippen LogP contribution in [0.1, 0.15) is 20.3 Å². The minimum absolute atomic E-state index is 0. The van der Waals surface area contributed by atoms with E-state index in [4.69, 9.17) is 4.55 Å². The standard InChI is InChI=1S/C4H9NO4S.C3H4O4S.CH5N.CH4/c1-5-4(6)2-3-10(7,8)9;4-3-1-2-8(5,6)7-3;1-2;/h2-3H2,1H3,(H,5,6)(H,7,8,9);1-2H2;2H2,1H3;1H4. The van der Waals surface area contributed by atoms with Gasteiger partial charge in [-0.15, -0.1) is 0 Å². The fraction of sp³-hybridized carbons (Fsp3) is 0.778. The molecule has 0 radical (unpaired) electrons. The first-order valence-corrected chi connectivity index (χ1v) is 8.43. The largest absolute Gasteiger partial charge is 0.359 e. The Hall–Kier alpha value is -1.24. The molecule has 10 nitrogen and oxygen atoms in total. The predicted molar refractivity (Wildman–Crippen MR) is 76.4 cm³/mol. The molecule has 1 saturated heterocycles. The van der Waals surface area contributed by atoms with Crippen molar-refractivity contribution in [2.75, 3.05) is 25.6 Å². The molecule has 0 saturated carbocycles. The highest BCUT2D eigenvalue weighted by Gasteiger charge is 2.26. The Balaban J connectivity index is -0.000000268. The summed E-state index contributed by atoms with van der Waals surface area (Å²) in [6.07, 6.45) is -0.197. The highest BCUT2D eigenvalue weighted by molar-refractivity contribution is 7.87. The minimum Gasteiger partial charge on any atom is -0.359 e. The Labute approximate surface area is 124 Å². The first-order chi connectivity index (χ1) is 9.06. The van der Waals surface area contributed by atoms with Crippen LogP contribution in [-0.2, 0) is 34.0 Å². The lowest BCUT2D eigenvalue weighted by atomic mass is 10.5. The minimum atomic E-state index is -3.99. The molecular weight excluding hydrogens is 328 g/mol. The summed E-state index contributed by atoms with van der Waals surface area (Å²) in [5, 5.41) is 2.22. The molecule has 1 fully saturated rings. The third-order valence-corrected chi connectivity index (χ3v) is 3.51. The molecule has 0 atom stereocenters. The van der Waals surface area contributed by atoms with Crippen molar-refractivity contribution in [1.82, 2.24) is 5.32 Å². The average Bonchev–Trinajstić information content (AvgIpc) is 2.66. The van der Waals surface area contributed by atoms with Crippen LogP contribution in [0.4, 0.5) is 0 Å². The smallest absolute Gasteiger partial charge is 0.323 e. The van der Waals surface area contributed by atoms with E-state index in [1.54, 1.807) is 0 Å². The lowest BCUT2D eigenvalue weighted by molar-refractivity contribution is -0.131. The number of hydrogen-bond donors (Lipinski definition) is 3. The van der Waals surface area contributed by atoms with E-state index >= 15 is 0 Å². The number of rotatable bonds is 3. The zero-order valence-electron chi connectivity index (χ0n) is 11.0. The van der Waals surface area contributed by atoms with Gasteiger partial charge in [-0.05, 0) is 7.05 Å². The maximum atomic E-state index is 10.4. The Morgan fingerprint density at radius 1 is 1.43 bits per heavy atom. The fourth-order valence-corrected chi connectivity index (χ4v) is 2.09. The van der Waals surface area contributed by atoms with E-state index in [1.165, 1.54) is 14.1 Å². The van der Waals surface area contributed by atoms with Crippen LogP contribution >= 0.6 is 0 Å². The van der Waals surface area contributed by atoms with Gasteiger partial charge in [-0.2, -0.15) is 16.8 Å². The van der Waals surface area contributed by atoms with E-state index in [0.29, 0.717) is 0 Å². The summed E-state index contributed by atoms with van der Waals surface area (Å²) in [7, 11) is -4.54. The van der Waals surface area contributed by atoms with Crippen molar-refractivity contribution < 1.29 is 35.2 Å². The molecule has 0 unspecified atom stereocenters. The summed E-state index contributed by atoms with van der Waals surface area (Å²) >= 11 is 0. The number of nitrogens with one attached hydrogen (secondary N) is 1. The first kappa shape index (κ1) is 24.8. The molecule has 0 aromatic rings. The van der Waals surface area contributed by atoms with Gasteiger partial charge in [0.2, 0.25) is 5.91 Å². The molecule has 1 amide bonds. The quantitative estimate of drug-likeness (QED) is 0.404. The lowest BCUT2D eigenvalue weighted by Gasteiger charge is -1.95. The van der Waals surface area contributed by atoms with Gasteiger partial charge in [0.1, 0.15) is 0 Å². The summed E-state index contributed by atoms with van der Waals surface area (Å²) < 4.78 is 52.5. The van der Waals surface area contributed by atoms with Gasteiger partial charge in [0, 0.05) is 13.5 Å². The Bertz CT molecular complexity index is 512. The SMILES string of the molecule is C.CN.CNC(=O)CCS(=O)(=O)O.O=C1CCS(=O)(=O)O1. The van der Waals surface area contributed by atoms with Gasteiger partial charge in [-0.3, -0.25) is 14.1 Å². The molecule has 0 spiro atoms. The van der Waals surface area contributed by atoms with E-state index in [0.717, 1.165) is 0 Å². The Morgan fingerprint density at radius 2 is 1.90 bits per heavy atom. The molecule has 12 heteroatoms. The van der Waals surface area contributed by atoms with Crippen molar-refractivity contribution >= 4 is 32.1 Å². The van der Waals surface area contributed by atoms with Crippen molar-refractivity contribution in [3.63, 3.8) is 0 Å². The number of carbonyl (C=O) groups excluding carboxylic acids is 2. The third kappa shape index (κ3) is 16.7. The number of carbonyl (C=O) groups is 2. The van der Waals surface area contributed by atoms with Crippen molar-refractivity contribution in [3.8, 4) is 0 Å². The van der Waals surface area contributed by atoms with Gasteiger partial charge in [0.05, 0.1) is 17.9 Å². The van der Waals surface area contributed by atoms with Gasteiger partial charge in [-0.1, -0.05) is 7.43 Å². The maximum Gasteiger partial charge on any atom is 0.323 e. The van der Waals surface area contributed by atoms with Gasteiger partial charge >= 0.3 is 16.1 Å². The van der Waals surface area contributed by atoms with Crippen LogP contribution in [0.3, 0.4) is 0 Å². The molecule has 1 heterocycles. The molecule has 0 aromatic carbocycles. The van der Waals surface area contributed by atoms with E-state index in [9.17, 15) is 26.4 Å². The molecule has 0 aromatic heterocycles. The molecule has 4 N–H and O–H groups in total. The predicted octanol–water partition coefficient (Wildman–Crippen LogP) is -1.52. The van der Waals surface area contributed by atoms with Crippen LogP contribution in [0.5, 0.6) is 0 Å². The second-order valence-electron chi connectivity index (χ2n) is 3.18. The summed E-state index contributed by atoms with van der Waals surface area (Å²) in [6.45, 7) is 0. The van der Waals surface area contributed by atoms with Crippen molar-refractivity contribution in [3.05, 3.63) is 0 Å². The average molecular weight is 350 g/mol. The van der Waals surface area contributed by atoms with Crippen LogP contribution in [-0.4, -0.2) is 58.9 Å². The van der Waals surface area contributed by atoms with Crippen molar-refractivity contribution in [1.29, 1.82) is 0 Å². The fourth-order valence-electron chi connectivity index (χ4n) is 0.780. The van der Waals surface area contributed by atoms with Crippen LogP contribution in [0.25, 0.3) is 0 Å². The van der Waals surface area contributed by atoms with Crippen LogP contribution < -0.4 is 11.1 Å². The van der Waals surface area contributed by atoms with Crippen molar-refractivity contribution in [2.24, 2.45) is 5.73 Å². The zero-order valence-corrected chi connectivity index (χ0v) is 12.7. The molecule has 0 bridgehead atoms. The van der Waals surface area contributed by atoms with Crippen LogP contribution in [0.15, 0.2) is 0 Å². The highest BCUT2D eigenvalue weighted by Crippen LogP contribution is 2.07. The van der Waals surface area contributed by atoms with Gasteiger partial charge in [0.25, 0.3) is 10.1 Å². The second-order valence-corrected chi connectivity index (χ2v) is 6.44. The molecule has 128 valence electrons. The van der Waals surface area contributed by atoms with Crippen LogP contribution in [0.2, 0.25) is 0 Å². The zero-order chi connectivity index (χ0) is 16.4. The lowest BCUT2D eigenvalue weighted by Crippen LogP contribution is -2.21. The van der Waals surface area contributed by atoms with Crippen molar-refractivity contribution in [2.45, 2.75) is 20.3 Å². The molecular formula is C9H22N2O8S2. The topological polar surface area (TPSA) is 170 Å². The number of amides is 1. The van der Waals surface area contributed by atoms with Crippen LogP contribution in [0, 0.1) is 0 Å². The maximum absolute atomic E-state index is 10.4. The third-order valence-electron chi connectivity index (χ3n) is 1.64. The highest BCUT2D eigenvalue weighted by atomic mass is 32.2.